The molecule has 5 nitrogen and oxygen atoms in total. The number of amides is 2. The normalized spacial score (nSPS) is 13.7. The monoisotopic (exact) mass is 512 g/mol. The molecule has 2 N–H and O–H groups in total. The molecule has 162 valence electrons. The van der Waals surface area contributed by atoms with Gasteiger partial charge in [0.15, 0.2) is 5.75 Å². The zero-order chi connectivity index (χ0) is 22.3. The lowest BCUT2D eigenvalue weighted by molar-refractivity contribution is -0.274. The highest BCUT2D eigenvalue weighted by Gasteiger charge is 2.37. The molecule has 1 aromatic heterocycles. The lowest BCUT2D eigenvalue weighted by atomic mass is 10.1. The van der Waals surface area contributed by atoms with Crippen LogP contribution in [0.3, 0.4) is 0 Å². The Morgan fingerprint density at radius 1 is 1.13 bits per heavy atom. The predicted octanol–water partition coefficient (Wildman–Crippen LogP) is 5.62. The summed E-state index contributed by atoms with van der Waals surface area (Å²) in [6.45, 7) is 1.55. The molecule has 0 radical (unpaired) electrons. The number of carbonyl (C=O) groups is 2. The molecule has 0 atom stereocenters. The van der Waals surface area contributed by atoms with Crippen molar-refractivity contribution in [1.29, 1.82) is 0 Å². The predicted molar refractivity (Wildman–Crippen MR) is 105 cm³/mol. The van der Waals surface area contributed by atoms with Crippen LogP contribution in [0.15, 0.2) is 18.2 Å². The number of fused-ring (bicyclic) bond motifs is 1. The van der Waals surface area contributed by atoms with Crippen LogP contribution in [0.25, 0.3) is 0 Å². The molecule has 2 aromatic rings. The molecule has 30 heavy (non-hydrogen) atoms. The van der Waals surface area contributed by atoms with Crippen LogP contribution < -0.4 is 15.4 Å². The van der Waals surface area contributed by atoms with Gasteiger partial charge in [0.2, 0.25) is 0 Å². The summed E-state index contributed by atoms with van der Waals surface area (Å²) in [6.07, 6.45) is -3.16. The second kappa shape index (κ2) is 8.14. The van der Waals surface area contributed by atoms with E-state index in [1.807, 2.05) is 21.2 Å². The van der Waals surface area contributed by atoms with Crippen LogP contribution >= 0.6 is 27.3 Å². The van der Waals surface area contributed by atoms with Crippen LogP contribution in [-0.2, 0) is 17.6 Å². The highest BCUT2D eigenvalue weighted by Crippen LogP contribution is 2.41. The molecule has 0 spiro atoms. The van der Waals surface area contributed by atoms with E-state index >= 15 is 0 Å². The fourth-order valence-electron chi connectivity index (χ4n) is 3.03. The van der Waals surface area contributed by atoms with Gasteiger partial charge in [-0.25, -0.2) is 0 Å². The topological polar surface area (TPSA) is 67.4 Å². The summed E-state index contributed by atoms with van der Waals surface area (Å²) in [7, 11) is 0. The number of anilines is 2. The van der Waals surface area contributed by atoms with Gasteiger partial charge in [-0.05, 0) is 49.4 Å². The highest BCUT2D eigenvalue weighted by molar-refractivity contribution is 9.10. The second-order valence-corrected chi connectivity index (χ2v) is 8.62. The Kier molecular flexibility index (Phi) is 6.10. The van der Waals surface area contributed by atoms with E-state index in [4.69, 9.17) is 0 Å². The highest BCUT2D eigenvalue weighted by atomic mass is 79.9. The summed E-state index contributed by atoms with van der Waals surface area (Å²) in [5.74, 6) is -3.10. The van der Waals surface area contributed by atoms with Crippen molar-refractivity contribution in [2.24, 2.45) is 0 Å². The van der Waals surface area contributed by atoms with Crippen molar-refractivity contribution in [3.63, 3.8) is 0 Å². The van der Waals surface area contributed by atoms with E-state index < -0.39 is 28.8 Å². The Morgan fingerprint density at radius 2 is 1.83 bits per heavy atom. The van der Waals surface area contributed by atoms with Gasteiger partial charge in [-0.3, -0.25) is 9.59 Å². The number of nitrogens with one attached hydrogen (secondary N) is 2. The maximum atomic E-state index is 13.2. The van der Waals surface area contributed by atoms with Crippen LogP contribution in [0.5, 0.6) is 5.75 Å². The van der Waals surface area contributed by atoms with Crippen LogP contribution in [0.1, 0.15) is 32.8 Å². The van der Waals surface area contributed by atoms with Crippen molar-refractivity contribution in [3.8, 4) is 5.75 Å². The molecule has 1 heterocycles. The lowest BCUT2D eigenvalue weighted by Crippen LogP contribution is -2.29. The molecule has 1 aromatic carbocycles. The molecule has 1 aliphatic carbocycles. The maximum absolute atomic E-state index is 13.2. The summed E-state index contributed by atoms with van der Waals surface area (Å²) in [5.41, 5.74) is 0.757. The average Bonchev–Trinajstić information content (AvgIpc) is 3.15. The zero-order valence-electron chi connectivity index (χ0n) is 15.3. The Labute approximate surface area is 179 Å². The molecule has 3 rings (SSSR count). The summed E-state index contributed by atoms with van der Waals surface area (Å²) in [5, 5.41) is 4.27. The van der Waals surface area contributed by atoms with E-state index in [1.165, 1.54) is 12.1 Å². The second-order valence-electron chi connectivity index (χ2n) is 6.51. The summed E-state index contributed by atoms with van der Waals surface area (Å²) < 4.78 is 68.5. The third-order valence-corrected chi connectivity index (χ3v) is 5.81. The number of hydrogen-bond donors (Lipinski definition) is 2. The van der Waals surface area contributed by atoms with Crippen molar-refractivity contribution < 1.29 is 36.3 Å². The number of aryl methyl sites for hydroxylation is 2. The van der Waals surface area contributed by atoms with E-state index in [0.29, 0.717) is 24.0 Å². The Balaban J connectivity index is 1.94. The molecule has 0 saturated carbocycles. The van der Waals surface area contributed by atoms with Gasteiger partial charge < -0.3 is 15.4 Å². The number of benzene rings is 1. The molecule has 1 aliphatic rings. The van der Waals surface area contributed by atoms with Gasteiger partial charge in [-0.1, -0.05) is 6.07 Å². The lowest BCUT2D eigenvalue weighted by Gasteiger charge is -2.16. The molecule has 0 bridgehead atoms. The molecular weight excluding hydrogens is 499 g/mol. The molecule has 0 fully saturated rings. The van der Waals surface area contributed by atoms with E-state index in [9.17, 15) is 31.5 Å². The smallest absolute Gasteiger partial charge is 0.404 e. The van der Waals surface area contributed by atoms with E-state index in [1.54, 1.807) is 6.92 Å². The van der Waals surface area contributed by atoms with Gasteiger partial charge in [0.25, 0.3) is 5.91 Å². The minimum atomic E-state index is -4.97. The Hall–Kier alpha value is -2.21. The standard InChI is InChI=1S/C18H14BrF5N2O3S/c1-8-5-6-10(11(7-8)29-18(22,23)24)25-14(27)13-9-3-2-4-12(9)30-15(13)26-16(28)17(19,20)21/h5-7H,2-4H2,1H3,(H,25,27)(H,26,28). The van der Waals surface area contributed by atoms with Crippen LogP contribution in [0.4, 0.5) is 32.6 Å². The number of carbonyl (C=O) groups excluding carboxylic acids is 2. The van der Waals surface area contributed by atoms with Crippen molar-refractivity contribution in [2.45, 2.75) is 37.4 Å². The number of alkyl halides is 6. The molecular formula is C18H14BrF5N2O3S. The van der Waals surface area contributed by atoms with Gasteiger partial charge in [0.05, 0.1) is 11.3 Å². The third-order valence-electron chi connectivity index (χ3n) is 4.24. The maximum Gasteiger partial charge on any atom is 0.573 e. The quantitative estimate of drug-likeness (QED) is 0.403. The summed E-state index contributed by atoms with van der Waals surface area (Å²) in [4.78, 5) is 21.5. The first-order valence-electron chi connectivity index (χ1n) is 8.55. The fraction of sp³-hybridized carbons (Fsp3) is 0.333. The third kappa shape index (κ3) is 5.09. The first kappa shape index (κ1) is 22.5. The summed E-state index contributed by atoms with van der Waals surface area (Å²) in [6, 6.07) is 3.83. The molecule has 0 saturated heterocycles. The van der Waals surface area contributed by atoms with Crippen molar-refractivity contribution >= 4 is 49.8 Å². The first-order chi connectivity index (χ1) is 13.8. The van der Waals surface area contributed by atoms with Crippen molar-refractivity contribution in [2.75, 3.05) is 10.6 Å². The number of thiophene rings is 1. The van der Waals surface area contributed by atoms with E-state index in [-0.39, 0.29) is 16.3 Å². The minimum Gasteiger partial charge on any atom is -0.404 e. The van der Waals surface area contributed by atoms with Crippen molar-refractivity contribution in [1.82, 2.24) is 0 Å². The average molecular weight is 513 g/mol. The Morgan fingerprint density at radius 3 is 2.47 bits per heavy atom. The number of hydrogen-bond acceptors (Lipinski definition) is 4. The molecule has 0 aliphatic heterocycles. The van der Waals surface area contributed by atoms with Gasteiger partial charge >= 0.3 is 17.1 Å². The number of ether oxygens (including phenoxy) is 1. The van der Waals surface area contributed by atoms with E-state index in [0.717, 1.165) is 28.7 Å². The zero-order valence-corrected chi connectivity index (χ0v) is 17.7. The first-order valence-corrected chi connectivity index (χ1v) is 10.2. The van der Waals surface area contributed by atoms with Crippen LogP contribution in [0, 0.1) is 6.92 Å². The van der Waals surface area contributed by atoms with Crippen molar-refractivity contribution in [3.05, 3.63) is 39.8 Å². The van der Waals surface area contributed by atoms with Gasteiger partial charge in [0, 0.05) is 20.8 Å². The minimum absolute atomic E-state index is 0.0452. The fourth-order valence-corrected chi connectivity index (χ4v) is 4.41. The SMILES string of the molecule is Cc1ccc(NC(=O)c2c(NC(=O)C(F)(F)Br)sc3c2CCC3)c(OC(F)(F)F)c1. The van der Waals surface area contributed by atoms with Gasteiger partial charge in [-0.15, -0.1) is 24.5 Å². The molecule has 12 heteroatoms. The number of rotatable bonds is 5. The number of halogens is 6. The van der Waals surface area contributed by atoms with Crippen LogP contribution in [-0.4, -0.2) is 23.0 Å². The molecule has 2 amide bonds. The van der Waals surface area contributed by atoms with Gasteiger partial charge in [0.1, 0.15) is 5.00 Å². The van der Waals surface area contributed by atoms with Gasteiger partial charge in [-0.2, -0.15) is 8.78 Å². The Bertz CT molecular complexity index is 1000. The largest absolute Gasteiger partial charge is 0.573 e. The summed E-state index contributed by atoms with van der Waals surface area (Å²) >= 11 is 2.94. The van der Waals surface area contributed by atoms with E-state index in [2.05, 4.69) is 10.1 Å². The molecule has 0 unspecified atom stereocenters. The van der Waals surface area contributed by atoms with Crippen LogP contribution in [0.2, 0.25) is 0 Å².